The molecule has 0 radical (unpaired) electrons. The Labute approximate surface area is 154 Å². The molecular formula is C18H27ClFN3O2. The molecule has 0 saturated carbocycles. The fourth-order valence-corrected chi connectivity index (χ4v) is 2.68. The van der Waals surface area contributed by atoms with Gasteiger partial charge in [0.1, 0.15) is 5.82 Å². The second-order valence-corrected chi connectivity index (χ2v) is 7.42. The molecule has 5 nitrogen and oxygen atoms in total. The summed E-state index contributed by atoms with van der Waals surface area (Å²) in [5, 5.41) is 2.94. The van der Waals surface area contributed by atoms with Crippen molar-refractivity contribution >= 4 is 24.2 Å². The first-order valence-corrected chi connectivity index (χ1v) is 8.29. The summed E-state index contributed by atoms with van der Waals surface area (Å²) in [6, 6.07) is 4.95. The van der Waals surface area contributed by atoms with Crippen LogP contribution in [0.3, 0.4) is 0 Å². The number of nitrogens with two attached hydrogens (primary N) is 1. The van der Waals surface area contributed by atoms with Crippen LogP contribution in [0, 0.1) is 11.2 Å². The molecule has 1 fully saturated rings. The fraction of sp³-hybridized carbons (Fsp3) is 0.556. The molecule has 2 amide bonds. The molecule has 140 valence electrons. The monoisotopic (exact) mass is 371 g/mol. The van der Waals surface area contributed by atoms with Gasteiger partial charge >= 0.3 is 0 Å². The van der Waals surface area contributed by atoms with Crippen molar-refractivity contribution in [2.24, 2.45) is 11.1 Å². The molecule has 1 aromatic carbocycles. The second kappa shape index (κ2) is 8.63. The number of benzene rings is 1. The summed E-state index contributed by atoms with van der Waals surface area (Å²) in [7, 11) is 0. The second-order valence-electron chi connectivity index (χ2n) is 7.42. The van der Waals surface area contributed by atoms with Gasteiger partial charge in [-0.15, -0.1) is 12.4 Å². The van der Waals surface area contributed by atoms with Gasteiger partial charge in [-0.3, -0.25) is 9.59 Å². The first-order chi connectivity index (χ1) is 11.2. The van der Waals surface area contributed by atoms with Crippen molar-refractivity contribution in [1.82, 2.24) is 10.2 Å². The summed E-state index contributed by atoms with van der Waals surface area (Å²) in [5.41, 5.74) is 6.20. The van der Waals surface area contributed by atoms with Crippen molar-refractivity contribution in [2.75, 3.05) is 13.1 Å². The molecule has 1 heterocycles. The summed E-state index contributed by atoms with van der Waals surface area (Å²) < 4.78 is 12.9. The minimum absolute atomic E-state index is 0. The van der Waals surface area contributed by atoms with E-state index in [0.717, 1.165) is 0 Å². The smallest absolute Gasteiger partial charge is 0.251 e. The lowest BCUT2D eigenvalue weighted by molar-refractivity contribution is -0.136. The molecule has 7 heteroatoms. The minimum atomic E-state index is -0.525. The van der Waals surface area contributed by atoms with Crippen LogP contribution in [-0.4, -0.2) is 41.9 Å². The van der Waals surface area contributed by atoms with Crippen molar-refractivity contribution in [2.45, 2.75) is 45.7 Å². The molecule has 1 aliphatic rings. The standard InChI is InChI=1S/C18H26FN3O2.ClH/c1-18(2,3)15(20)17(24)22-10-8-14(9-11-22)21-16(23)12-4-6-13(19)7-5-12;/h4-7,14-15H,8-11,20H2,1-3H3,(H,21,23);1H. The van der Waals surface area contributed by atoms with E-state index < -0.39 is 6.04 Å². The molecule has 1 unspecified atom stereocenters. The van der Waals surface area contributed by atoms with Crippen LogP contribution < -0.4 is 11.1 Å². The Kier molecular flexibility index (Phi) is 7.38. The first-order valence-electron chi connectivity index (χ1n) is 8.29. The van der Waals surface area contributed by atoms with Gasteiger partial charge in [0.15, 0.2) is 0 Å². The average molecular weight is 372 g/mol. The van der Waals surface area contributed by atoms with Crippen LogP contribution in [-0.2, 0) is 4.79 Å². The van der Waals surface area contributed by atoms with Gasteiger partial charge in [0.25, 0.3) is 5.91 Å². The van der Waals surface area contributed by atoms with E-state index in [-0.39, 0.29) is 41.5 Å². The number of amides is 2. The number of likely N-dealkylation sites (tertiary alicyclic amines) is 1. The molecule has 1 saturated heterocycles. The minimum Gasteiger partial charge on any atom is -0.349 e. The molecule has 1 aliphatic heterocycles. The van der Waals surface area contributed by atoms with Crippen LogP contribution in [0.2, 0.25) is 0 Å². The SMILES string of the molecule is CC(C)(C)C(N)C(=O)N1CCC(NC(=O)c2ccc(F)cc2)CC1.Cl. The molecule has 3 N–H and O–H groups in total. The van der Waals surface area contributed by atoms with Gasteiger partial charge in [0.05, 0.1) is 6.04 Å². The van der Waals surface area contributed by atoms with Crippen LogP contribution in [0.15, 0.2) is 24.3 Å². The Morgan fingerprint density at radius 3 is 2.20 bits per heavy atom. The molecule has 0 aromatic heterocycles. The number of halogens is 2. The topological polar surface area (TPSA) is 75.4 Å². The van der Waals surface area contributed by atoms with Crippen molar-refractivity contribution in [3.63, 3.8) is 0 Å². The van der Waals surface area contributed by atoms with E-state index in [1.165, 1.54) is 24.3 Å². The van der Waals surface area contributed by atoms with E-state index in [1.807, 2.05) is 20.8 Å². The Balaban J connectivity index is 0.00000312. The fourth-order valence-electron chi connectivity index (χ4n) is 2.68. The van der Waals surface area contributed by atoms with Crippen LogP contribution in [0.5, 0.6) is 0 Å². The summed E-state index contributed by atoms with van der Waals surface area (Å²) >= 11 is 0. The van der Waals surface area contributed by atoms with Crippen molar-refractivity contribution in [3.05, 3.63) is 35.6 Å². The van der Waals surface area contributed by atoms with E-state index in [2.05, 4.69) is 5.32 Å². The average Bonchev–Trinajstić information content (AvgIpc) is 2.54. The Hall–Kier alpha value is -1.66. The number of carbonyl (C=O) groups excluding carboxylic acids is 2. The molecule has 0 bridgehead atoms. The van der Waals surface area contributed by atoms with Crippen LogP contribution >= 0.6 is 12.4 Å². The highest BCUT2D eigenvalue weighted by atomic mass is 35.5. The van der Waals surface area contributed by atoms with Gasteiger partial charge < -0.3 is 16.0 Å². The Morgan fingerprint density at radius 1 is 1.20 bits per heavy atom. The number of rotatable bonds is 3. The van der Waals surface area contributed by atoms with Crippen molar-refractivity contribution in [3.8, 4) is 0 Å². The number of nitrogens with one attached hydrogen (secondary N) is 1. The number of hydrogen-bond donors (Lipinski definition) is 2. The molecule has 0 spiro atoms. The van der Waals surface area contributed by atoms with Crippen LogP contribution in [0.1, 0.15) is 44.0 Å². The summed E-state index contributed by atoms with van der Waals surface area (Å²) in [4.78, 5) is 26.3. The molecule has 1 aromatic rings. The van der Waals surface area contributed by atoms with E-state index in [4.69, 9.17) is 5.73 Å². The zero-order valence-electron chi connectivity index (χ0n) is 14.9. The molecule has 0 aliphatic carbocycles. The largest absolute Gasteiger partial charge is 0.349 e. The Morgan fingerprint density at radius 2 is 1.72 bits per heavy atom. The van der Waals surface area contributed by atoms with Crippen LogP contribution in [0.25, 0.3) is 0 Å². The van der Waals surface area contributed by atoms with Crippen LogP contribution in [0.4, 0.5) is 4.39 Å². The Bertz CT molecular complexity index is 593. The molecule has 25 heavy (non-hydrogen) atoms. The predicted molar refractivity (Wildman–Crippen MR) is 98.1 cm³/mol. The third-order valence-corrected chi connectivity index (χ3v) is 4.45. The zero-order chi connectivity index (χ0) is 17.9. The van der Waals surface area contributed by atoms with E-state index in [1.54, 1.807) is 4.90 Å². The summed E-state index contributed by atoms with van der Waals surface area (Å²) in [6.07, 6.45) is 1.38. The first kappa shape index (κ1) is 21.4. The van der Waals surface area contributed by atoms with Gasteiger partial charge in [0, 0.05) is 24.7 Å². The highest BCUT2D eigenvalue weighted by Gasteiger charge is 2.33. The lowest BCUT2D eigenvalue weighted by Gasteiger charge is -2.36. The van der Waals surface area contributed by atoms with Crippen molar-refractivity contribution in [1.29, 1.82) is 0 Å². The van der Waals surface area contributed by atoms with Gasteiger partial charge in [0.2, 0.25) is 5.91 Å². The number of piperidine rings is 1. The highest BCUT2D eigenvalue weighted by Crippen LogP contribution is 2.21. The lowest BCUT2D eigenvalue weighted by atomic mass is 9.86. The third-order valence-electron chi connectivity index (χ3n) is 4.45. The maximum absolute atomic E-state index is 12.9. The molecular weight excluding hydrogens is 345 g/mol. The van der Waals surface area contributed by atoms with Gasteiger partial charge in [-0.1, -0.05) is 20.8 Å². The number of nitrogens with zero attached hydrogens (tertiary/aromatic N) is 1. The normalized spacial score (nSPS) is 16.8. The molecule has 2 rings (SSSR count). The van der Waals surface area contributed by atoms with E-state index in [0.29, 0.717) is 31.5 Å². The number of hydrogen-bond acceptors (Lipinski definition) is 3. The maximum atomic E-state index is 12.9. The lowest BCUT2D eigenvalue weighted by Crippen LogP contribution is -2.54. The quantitative estimate of drug-likeness (QED) is 0.856. The predicted octanol–water partition coefficient (Wildman–Crippen LogP) is 2.34. The van der Waals surface area contributed by atoms with Gasteiger partial charge in [-0.2, -0.15) is 0 Å². The number of carbonyl (C=O) groups is 2. The zero-order valence-corrected chi connectivity index (χ0v) is 15.7. The summed E-state index contributed by atoms with van der Waals surface area (Å²) in [6.45, 7) is 7.01. The van der Waals surface area contributed by atoms with Crippen molar-refractivity contribution < 1.29 is 14.0 Å². The summed E-state index contributed by atoms with van der Waals surface area (Å²) in [5.74, 6) is -0.620. The van der Waals surface area contributed by atoms with Gasteiger partial charge in [-0.05, 0) is 42.5 Å². The van der Waals surface area contributed by atoms with E-state index >= 15 is 0 Å². The molecule has 1 atom stereocenters. The van der Waals surface area contributed by atoms with E-state index in [9.17, 15) is 14.0 Å². The third kappa shape index (κ3) is 5.68. The van der Waals surface area contributed by atoms with Gasteiger partial charge in [-0.25, -0.2) is 4.39 Å². The highest BCUT2D eigenvalue weighted by molar-refractivity contribution is 5.94. The maximum Gasteiger partial charge on any atom is 0.251 e.